The number of halogens is 2. The number of pyridine rings is 1. The zero-order chi connectivity index (χ0) is 8.43. The summed E-state index contributed by atoms with van der Waals surface area (Å²) in [5.74, 6) is 0.513. The van der Waals surface area contributed by atoms with Crippen LogP contribution in [-0.4, -0.2) is 29.8 Å². The molecule has 0 aliphatic rings. The van der Waals surface area contributed by atoms with Crippen LogP contribution in [0.4, 0.5) is 0 Å². The van der Waals surface area contributed by atoms with Gasteiger partial charge in [-0.05, 0) is 0 Å². The Labute approximate surface area is 84.1 Å². The first-order valence-electron chi connectivity index (χ1n) is 3.01. The Hall–Kier alpha value is 0.127. The van der Waals surface area contributed by atoms with Crippen molar-refractivity contribution in [2.24, 2.45) is 0 Å². The Kier molecular flexibility index (Phi) is 3.09. The molecule has 0 aliphatic heterocycles. The maximum absolute atomic E-state index is 5.81. The molecule has 0 atom stereocenters. The average molecular weight is 184 g/mol. The first-order chi connectivity index (χ1) is 5.16. The van der Waals surface area contributed by atoms with Gasteiger partial charge in [0.1, 0.15) is 0 Å². The third-order valence-corrected chi connectivity index (χ3v) is 2.22. The molecule has 1 heterocycles. The summed E-state index contributed by atoms with van der Waals surface area (Å²) in [5, 5.41) is 0.948. The van der Waals surface area contributed by atoms with E-state index >= 15 is 0 Å². The molecule has 0 bridgehead atoms. The SMILES string of the molecule is [Li][c]1c(OC)ncc(Cl)c1Cl. The van der Waals surface area contributed by atoms with Crippen LogP contribution in [0.5, 0.6) is 5.88 Å². The van der Waals surface area contributed by atoms with Crippen LogP contribution in [0.3, 0.4) is 0 Å². The van der Waals surface area contributed by atoms with Gasteiger partial charge in [0, 0.05) is 0 Å². The van der Waals surface area contributed by atoms with Gasteiger partial charge in [-0.1, -0.05) is 0 Å². The van der Waals surface area contributed by atoms with Crippen molar-refractivity contribution in [3.63, 3.8) is 0 Å². The van der Waals surface area contributed by atoms with E-state index in [-0.39, 0.29) is 0 Å². The second kappa shape index (κ2) is 3.69. The number of aromatic nitrogens is 1. The van der Waals surface area contributed by atoms with Crippen molar-refractivity contribution < 1.29 is 4.74 Å². The molecule has 1 rings (SSSR count). The van der Waals surface area contributed by atoms with Gasteiger partial charge in [0.05, 0.1) is 0 Å². The molecule has 0 fully saturated rings. The Bertz CT molecular complexity index is 280. The van der Waals surface area contributed by atoms with Crippen LogP contribution in [0.2, 0.25) is 10.0 Å². The van der Waals surface area contributed by atoms with Gasteiger partial charge in [-0.2, -0.15) is 0 Å². The molecule has 0 spiro atoms. The van der Waals surface area contributed by atoms with Crippen LogP contribution in [0.1, 0.15) is 0 Å². The second-order valence-electron chi connectivity index (χ2n) is 2.05. The molecule has 0 aromatic carbocycles. The molecule has 54 valence electrons. The van der Waals surface area contributed by atoms with Crippen molar-refractivity contribution in [3.8, 4) is 5.88 Å². The van der Waals surface area contributed by atoms with E-state index in [0.717, 1.165) is 4.24 Å². The van der Waals surface area contributed by atoms with Gasteiger partial charge < -0.3 is 0 Å². The number of hydrogen-bond acceptors (Lipinski definition) is 2. The standard InChI is InChI=1S/C6H4Cl2NO.Li/c1-10-6-2-4(7)5(8)3-9-6;/h3H,1H3;. The third-order valence-electron chi connectivity index (χ3n) is 1.35. The molecule has 1 aromatic rings. The van der Waals surface area contributed by atoms with Gasteiger partial charge in [0.2, 0.25) is 0 Å². The minimum atomic E-state index is 0.449. The van der Waals surface area contributed by atoms with Crippen LogP contribution in [0, 0.1) is 0 Å². The topological polar surface area (TPSA) is 22.1 Å². The fraction of sp³-hybridized carbons (Fsp3) is 0.167. The molecule has 0 unspecified atom stereocenters. The molecule has 0 radical (unpaired) electrons. The van der Waals surface area contributed by atoms with Crippen molar-refractivity contribution in [1.29, 1.82) is 0 Å². The van der Waals surface area contributed by atoms with Crippen molar-refractivity contribution in [2.75, 3.05) is 7.11 Å². The first-order valence-corrected chi connectivity index (χ1v) is 3.77. The molecule has 0 amide bonds. The van der Waals surface area contributed by atoms with Crippen molar-refractivity contribution in [2.45, 2.75) is 0 Å². The van der Waals surface area contributed by atoms with Gasteiger partial charge in [-0.15, -0.1) is 0 Å². The van der Waals surface area contributed by atoms with Gasteiger partial charge in [0.15, 0.2) is 0 Å². The first kappa shape index (κ1) is 9.22. The Balaban J connectivity index is 3.25. The molecule has 0 saturated heterocycles. The summed E-state index contributed by atoms with van der Waals surface area (Å²) in [4.78, 5) is 3.92. The average Bonchev–Trinajstić information content (AvgIpc) is 2.01. The molecular weight excluding hydrogens is 180 g/mol. The van der Waals surface area contributed by atoms with Crippen LogP contribution in [-0.2, 0) is 0 Å². The molecule has 1 aromatic heterocycles. The molecule has 5 heteroatoms. The predicted molar refractivity (Wildman–Crippen MR) is 46.2 cm³/mol. The van der Waals surface area contributed by atoms with E-state index < -0.39 is 0 Å². The van der Waals surface area contributed by atoms with Crippen LogP contribution in [0.15, 0.2) is 6.20 Å². The molecule has 2 nitrogen and oxygen atoms in total. The summed E-state index contributed by atoms with van der Waals surface area (Å²) in [5.41, 5.74) is 0. The zero-order valence-corrected chi connectivity index (χ0v) is 7.70. The van der Waals surface area contributed by atoms with E-state index in [1.54, 1.807) is 24.8 Å². The van der Waals surface area contributed by atoms with E-state index in [0.29, 0.717) is 15.9 Å². The monoisotopic (exact) mass is 183 g/mol. The minimum absolute atomic E-state index is 0.449. The fourth-order valence-electron chi connectivity index (χ4n) is 0.748. The van der Waals surface area contributed by atoms with Crippen molar-refractivity contribution >= 4 is 45.2 Å². The van der Waals surface area contributed by atoms with Crippen molar-refractivity contribution in [1.82, 2.24) is 4.98 Å². The number of rotatable bonds is 1. The maximum atomic E-state index is 5.81. The molecule has 0 aliphatic carbocycles. The van der Waals surface area contributed by atoms with Gasteiger partial charge in [-0.25, -0.2) is 0 Å². The third kappa shape index (κ3) is 1.83. The number of nitrogens with zero attached hydrogens (tertiary/aromatic N) is 1. The Morgan fingerprint density at radius 3 is 2.73 bits per heavy atom. The van der Waals surface area contributed by atoms with Gasteiger partial charge in [-0.3, -0.25) is 0 Å². The summed E-state index contributed by atoms with van der Waals surface area (Å²) >= 11 is 13.3. The summed E-state index contributed by atoms with van der Waals surface area (Å²) in [6.07, 6.45) is 1.47. The van der Waals surface area contributed by atoms with E-state index in [4.69, 9.17) is 27.9 Å². The zero-order valence-electron chi connectivity index (χ0n) is 6.19. The van der Waals surface area contributed by atoms with E-state index in [9.17, 15) is 0 Å². The van der Waals surface area contributed by atoms with Crippen LogP contribution < -0.4 is 8.97 Å². The number of hydrogen-bond donors (Lipinski definition) is 0. The van der Waals surface area contributed by atoms with Gasteiger partial charge >= 0.3 is 84.1 Å². The second-order valence-corrected chi connectivity index (χ2v) is 2.84. The van der Waals surface area contributed by atoms with Crippen molar-refractivity contribution in [3.05, 3.63) is 16.2 Å². The summed E-state index contributed by atoms with van der Waals surface area (Å²) in [7, 11) is 1.54. The Morgan fingerprint density at radius 2 is 2.18 bits per heavy atom. The molecular formula is C6H4Cl2LiNO. The molecule has 0 saturated carbocycles. The van der Waals surface area contributed by atoms with Crippen LogP contribution in [0.25, 0.3) is 0 Å². The van der Waals surface area contributed by atoms with Crippen LogP contribution >= 0.6 is 23.2 Å². The van der Waals surface area contributed by atoms with Gasteiger partial charge in [0.25, 0.3) is 0 Å². The summed E-state index contributed by atoms with van der Waals surface area (Å²) in [6.45, 7) is 0. The normalized spacial score (nSPS) is 9.91. The fourth-order valence-corrected chi connectivity index (χ4v) is 1.07. The molecule has 0 N–H and O–H groups in total. The Morgan fingerprint density at radius 1 is 1.55 bits per heavy atom. The summed E-state index contributed by atoms with van der Waals surface area (Å²) in [6, 6.07) is 0. The van der Waals surface area contributed by atoms with E-state index in [2.05, 4.69) is 4.98 Å². The quantitative estimate of drug-likeness (QED) is 0.611. The van der Waals surface area contributed by atoms with E-state index in [1.165, 1.54) is 6.20 Å². The molecule has 11 heavy (non-hydrogen) atoms. The number of ether oxygens (including phenoxy) is 1. The predicted octanol–water partition coefficient (Wildman–Crippen LogP) is 1.19. The summed E-state index contributed by atoms with van der Waals surface area (Å²) < 4.78 is 5.69. The van der Waals surface area contributed by atoms with E-state index in [1.807, 2.05) is 0 Å². The number of methoxy groups -OCH3 is 1.